The Kier molecular flexibility index (Phi) is 4.34. The lowest BCUT2D eigenvalue weighted by Crippen LogP contribution is -2.26. The van der Waals surface area contributed by atoms with E-state index in [1.54, 1.807) is 12.1 Å². The highest BCUT2D eigenvalue weighted by Crippen LogP contribution is 2.15. The third-order valence-corrected chi connectivity index (χ3v) is 2.69. The van der Waals surface area contributed by atoms with Gasteiger partial charge in [-0.3, -0.25) is 9.78 Å². The molecule has 1 N–H and O–H groups in total. The highest BCUT2D eigenvalue weighted by Gasteiger charge is 2.13. The van der Waals surface area contributed by atoms with E-state index in [1.165, 1.54) is 12.3 Å². The van der Waals surface area contributed by atoms with Crippen molar-refractivity contribution in [1.29, 1.82) is 0 Å². The summed E-state index contributed by atoms with van der Waals surface area (Å²) < 4.78 is 39.1. The third kappa shape index (κ3) is 3.14. The average molecular weight is 280 g/mol. The first-order chi connectivity index (χ1) is 9.59. The number of nitrogens with one attached hydrogen (secondary N) is 1. The molecule has 0 spiro atoms. The molecule has 0 radical (unpaired) electrons. The number of amides is 1. The SMILES string of the molecule is O=C(NCCc1ccc(F)c(F)c1F)c1ccccn1. The van der Waals surface area contributed by atoms with Crippen LogP contribution in [0, 0.1) is 17.5 Å². The minimum Gasteiger partial charge on any atom is -0.350 e. The summed E-state index contributed by atoms with van der Waals surface area (Å²) in [6, 6.07) is 6.88. The van der Waals surface area contributed by atoms with Crippen LogP contribution in [-0.2, 0) is 6.42 Å². The maximum Gasteiger partial charge on any atom is 0.269 e. The maximum absolute atomic E-state index is 13.4. The highest BCUT2D eigenvalue weighted by atomic mass is 19.2. The molecule has 20 heavy (non-hydrogen) atoms. The number of hydrogen-bond acceptors (Lipinski definition) is 2. The van der Waals surface area contributed by atoms with Crippen LogP contribution in [0.1, 0.15) is 16.1 Å². The first-order valence-corrected chi connectivity index (χ1v) is 5.91. The molecule has 1 aromatic carbocycles. The Hall–Kier alpha value is -2.37. The number of carbonyl (C=O) groups is 1. The van der Waals surface area contributed by atoms with Crippen LogP contribution in [0.15, 0.2) is 36.5 Å². The lowest BCUT2D eigenvalue weighted by Gasteiger charge is -2.06. The smallest absolute Gasteiger partial charge is 0.269 e. The summed E-state index contributed by atoms with van der Waals surface area (Å²) in [5.74, 6) is -4.37. The molecule has 104 valence electrons. The van der Waals surface area contributed by atoms with Gasteiger partial charge in [0.25, 0.3) is 5.91 Å². The molecule has 6 heteroatoms. The summed E-state index contributed by atoms with van der Waals surface area (Å²) in [7, 11) is 0. The summed E-state index contributed by atoms with van der Waals surface area (Å²) in [4.78, 5) is 15.5. The van der Waals surface area contributed by atoms with Crippen molar-refractivity contribution in [3.05, 3.63) is 65.2 Å². The number of carbonyl (C=O) groups excluding carboxylic acids is 1. The molecular weight excluding hydrogens is 269 g/mol. The quantitative estimate of drug-likeness (QED) is 0.874. The van der Waals surface area contributed by atoms with Crippen molar-refractivity contribution < 1.29 is 18.0 Å². The number of benzene rings is 1. The first kappa shape index (κ1) is 14.0. The zero-order valence-corrected chi connectivity index (χ0v) is 10.4. The van der Waals surface area contributed by atoms with Gasteiger partial charge < -0.3 is 5.32 Å². The summed E-state index contributed by atoms with van der Waals surface area (Å²) in [5, 5.41) is 2.52. The van der Waals surface area contributed by atoms with Crippen molar-refractivity contribution in [1.82, 2.24) is 10.3 Å². The van der Waals surface area contributed by atoms with Gasteiger partial charge in [0.1, 0.15) is 5.69 Å². The predicted octanol–water partition coefficient (Wildman–Crippen LogP) is 2.47. The molecule has 2 rings (SSSR count). The predicted molar refractivity (Wildman–Crippen MR) is 66.6 cm³/mol. The van der Waals surface area contributed by atoms with Gasteiger partial charge in [-0.25, -0.2) is 13.2 Å². The van der Waals surface area contributed by atoms with Crippen LogP contribution in [0.5, 0.6) is 0 Å². The molecule has 0 aliphatic heterocycles. The molecule has 1 amide bonds. The van der Waals surface area contributed by atoms with Crippen molar-refractivity contribution in [2.75, 3.05) is 6.54 Å². The van der Waals surface area contributed by atoms with E-state index < -0.39 is 23.4 Å². The molecule has 0 saturated heterocycles. The fourth-order valence-electron chi connectivity index (χ4n) is 1.66. The van der Waals surface area contributed by atoms with Gasteiger partial charge in [-0.2, -0.15) is 0 Å². The number of nitrogens with zero attached hydrogens (tertiary/aromatic N) is 1. The van der Waals surface area contributed by atoms with Crippen LogP contribution in [-0.4, -0.2) is 17.4 Å². The Balaban J connectivity index is 1.94. The molecule has 3 nitrogen and oxygen atoms in total. The molecule has 0 atom stereocenters. The lowest BCUT2D eigenvalue weighted by atomic mass is 10.1. The van der Waals surface area contributed by atoms with Crippen LogP contribution < -0.4 is 5.32 Å². The van der Waals surface area contributed by atoms with Gasteiger partial charge in [-0.15, -0.1) is 0 Å². The van der Waals surface area contributed by atoms with Gasteiger partial charge in [0.2, 0.25) is 0 Å². The summed E-state index contributed by atoms with van der Waals surface area (Å²) >= 11 is 0. The Bertz CT molecular complexity index is 617. The normalized spacial score (nSPS) is 10.3. The van der Waals surface area contributed by atoms with E-state index in [1.807, 2.05) is 0 Å². The molecule has 0 aliphatic carbocycles. The van der Waals surface area contributed by atoms with E-state index in [-0.39, 0.29) is 24.2 Å². The van der Waals surface area contributed by atoms with E-state index in [0.29, 0.717) is 0 Å². The summed E-state index contributed by atoms with van der Waals surface area (Å²) in [5.41, 5.74) is 0.239. The largest absolute Gasteiger partial charge is 0.350 e. The molecule has 0 fully saturated rings. The van der Waals surface area contributed by atoms with Crippen LogP contribution in [0.4, 0.5) is 13.2 Å². The van der Waals surface area contributed by atoms with Crippen molar-refractivity contribution in [3.63, 3.8) is 0 Å². The van der Waals surface area contributed by atoms with E-state index in [9.17, 15) is 18.0 Å². The van der Waals surface area contributed by atoms with Gasteiger partial charge in [-0.05, 0) is 30.2 Å². The second-order valence-electron chi connectivity index (χ2n) is 4.06. The second kappa shape index (κ2) is 6.18. The van der Waals surface area contributed by atoms with Crippen molar-refractivity contribution in [2.24, 2.45) is 0 Å². The van der Waals surface area contributed by atoms with Crippen LogP contribution in [0.2, 0.25) is 0 Å². The maximum atomic E-state index is 13.4. The standard InChI is InChI=1S/C14H11F3N2O/c15-10-5-4-9(12(16)13(10)17)6-8-19-14(20)11-3-1-2-7-18-11/h1-5,7H,6,8H2,(H,19,20). The van der Waals surface area contributed by atoms with Crippen molar-refractivity contribution in [3.8, 4) is 0 Å². The fourth-order valence-corrected chi connectivity index (χ4v) is 1.66. The Morgan fingerprint density at radius 1 is 1.10 bits per heavy atom. The molecule has 2 aromatic rings. The van der Waals surface area contributed by atoms with E-state index in [4.69, 9.17) is 0 Å². The van der Waals surface area contributed by atoms with Crippen LogP contribution in [0.25, 0.3) is 0 Å². The van der Waals surface area contributed by atoms with Crippen molar-refractivity contribution >= 4 is 5.91 Å². The fraction of sp³-hybridized carbons (Fsp3) is 0.143. The summed E-state index contributed by atoms with van der Waals surface area (Å²) in [6.07, 6.45) is 1.53. The highest BCUT2D eigenvalue weighted by molar-refractivity contribution is 5.92. The molecule has 1 heterocycles. The van der Waals surface area contributed by atoms with E-state index in [2.05, 4.69) is 10.3 Å². The average Bonchev–Trinajstić information content (AvgIpc) is 2.48. The molecular formula is C14H11F3N2O. The number of hydrogen-bond donors (Lipinski definition) is 1. The van der Waals surface area contributed by atoms with E-state index >= 15 is 0 Å². The Labute approximate surface area is 113 Å². The van der Waals surface area contributed by atoms with Gasteiger partial charge >= 0.3 is 0 Å². The summed E-state index contributed by atoms with van der Waals surface area (Å²) in [6.45, 7) is 0.0946. The topological polar surface area (TPSA) is 42.0 Å². The zero-order chi connectivity index (χ0) is 14.5. The first-order valence-electron chi connectivity index (χ1n) is 5.91. The van der Waals surface area contributed by atoms with Gasteiger partial charge in [0, 0.05) is 12.7 Å². The minimum atomic E-state index is -1.50. The van der Waals surface area contributed by atoms with Gasteiger partial charge in [-0.1, -0.05) is 12.1 Å². The van der Waals surface area contributed by atoms with E-state index in [0.717, 1.165) is 12.1 Å². The second-order valence-corrected chi connectivity index (χ2v) is 4.06. The van der Waals surface area contributed by atoms with Crippen LogP contribution in [0.3, 0.4) is 0 Å². The number of aromatic nitrogens is 1. The molecule has 0 unspecified atom stereocenters. The molecule has 0 bridgehead atoms. The Morgan fingerprint density at radius 2 is 1.90 bits per heavy atom. The number of rotatable bonds is 4. The Morgan fingerprint density at radius 3 is 2.60 bits per heavy atom. The van der Waals surface area contributed by atoms with Crippen molar-refractivity contribution in [2.45, 2.75) is 6.42 Å². The third-order valence-electron chi connectivity index (χ3n) is 2.69. The minimum absolute atomic E-state index is 0.00483. The number of pyridine rings is 1. The molecule has 0 saturated carbocycles. The van der Waals surface area contributed by atoms with Gasteiger partial charge in [0.05, 0.1) is 0 Å². The molecule has 1 aromatic heterocycles. The van der Waals surface area contributed by atoms with Gasteiger partial charge in [0.15, 0.2) is 17.5 Å². The molecule has 0 aliphatic rings. The number of halogens is 3. The lowest BCUT2D eigenvalue weighted by molar-refractivity contribution is 0.0949. The monoisotopic (exact) mass is 280 g/mol. The zero-order valence-electron chi connectivity index (χ0n) is 10.4. The van der Waals surface area contributed by atoms with Crippen LogP contribution >= 0.6 is 0 Å².